The molecule has 0 aromatic carbocycles. The Balaban J connectivity index is 2.53. The van der Waals surface area contributed by atoms with E-state index in [1.54, 1.807) is 0 Å². The van der Waals surface area contributed by atoms with Crippen LogP contribution in [-0.2, 0) is 38.7 Å². The Hall–Kier alpha value is -3.95. The number of aliphatic hydroxyl groups is 3. The minimum absolute atomic E-state index is 0.0972. The molecule has 0 aliphatic carbocycles. The first-order chi connectivity index (χ1) is 29.5. The summed E-state index contributed by atoms with van der Waals surface area (Å²) in [6, 6.07) is 0. The van der Waals surface area contributed by atoms with Gasteiger partial charge in [-0.3, -0.25) is 14.1 Å². The first kappa shape index (κ1) is 55.1. The Morgan fingerprint density at radius 3 is 1.66 bits per heavy atom. The van der Waals surface area contributed by atoms with Crippen LogP contribution in [-0.4, -0.2) is 96.0 Å². The molecule has 342 valence electrons. The Bertz CT molecular complexity index is 1580. The number of aliphatic hydroxyl groups excluding tert-OH is 3. The third-order valence-electron chi connectivity index (χ3n) is 8.88. The van der Waals surface area contributed by atoms with E-state index in [9.17, 15) is 37.9 Å². The second-order valence-corrected chi connectivity index (χ2v) is 15.8. The lowest BCUT2D eigenvalue weighted by Crippen LogP contribution is -2.60. The van der Waals surface area contributed by atoms with Crippen LogP contribution in [0.2, 0.25) is 0 Å². The molecule has 12 nitrogen and oxygen atoms in total. The molecule has 6 atom stereocenters. The van der Waals surface area contributed by atoms with E-state index < -0.39 is 71.2 Å². The number of hydrogen-bond donors (Lipinski definition) is 4. The molecule has 1 saturated heterocycles. The molecule has 3 unspecified atom stereocenters. The third kappa shape index (κ3) is 31.5. The van der Waals surface area contributed by atoms with Gasteiger partial charge in [-0.25, -0.2) is 0 Å². The lowest BCUT2D eigenvalue weighted by atomic mass is 10.00. The van der Waals surface area contributed by atoms with Gasteiger partial charge in [0.05, 0.1) is 6.61 Å². The number of hydrogen-bond acceptors (Lipinski definition) is 11. The summed E-state index contributed by atoms with van der Waals surface area (Å²) in [5.74, 6) is -2.14. The third-order valence-corrected chi connectivity index (χ3v) is 9.63. The summed E-state index contributed by atoms with van der Waals surface area (Å²) in [5, 5.41) is 30.8. The van der Waals surface area contributed by atoms with Crippen molar-refractivity contribution in [3.8, 4) is 0 Å². The van der Waals surface area contributed by atoms with Gasteiger partial charge in [-0.2, -0.15) is 8.42 Å². The van der Waals surface area contributed by atoms with E-state index in [1.165, 1.54) is 0 Å². The molecule has 61 heavy (non-hydrogen) atoms. The normalized spacial score (nSPS) is 21.2. The van der Waals surface area contributed by atoms with Gasteiger partial charge in [0, 0.05) is 12.8 Å². The molecule has 0 amide bonds. The fraction of sp³-hybridized carbons (Fsp3) is 0.542. The molecule has 1 fully saturated rings. The van der Waals surface area contributed by atoms with Gasteiger partial charge in [0.25, 0.3) is 10.1 Å². The number of allylic oxidation sites excluding steroid dienone is 20. The maximum atomic E-state index is 12.8. The Kier molecular flexibility index (Phi) is 33.1. The Morgan fingerprint density at radius 2 is 1.08 bits per heavy atom. The minimum Gasteiger partial charge on any atom is -0.462 e. The van der Waals surface area contributed by atoms with Crippen LogP contribution < -0.4 is 0 Å². The van der Waals surface area contributed by atoms with Crippen LogP contribution in [0.25, 0.3) is 0 Å². The summed E-state index contributed by atoms with van der Waals surface area (Å²) in [6.45, 7) is 3.39. The largest absolute Gasteiger partial charge is 0.462 e. The lowest BCUT2D eigenvalue weighted by Gasteiger charge is -2.40. The van der Waals surface area contributed by atoms with E-state index >= 15 is 0 Å². The number of unbranched alkanes of at least 4 members (excludes halogenated alkanes) is 4. The monoisotopic (exact) mass is 872 g/mol. The molecule has 1 rings (SSSR count). The maximum absolute atomic E-state index is 12.8. The van der Waals surface area contributed by atoms with E-state index in [0.717, 1.165) is 64.2 Å². The highest BCUT2D eigenvalue weighted by molar-refractivity contribution is 7.85. The fourth-order valence-electron chi connectivity index (χ4n) is 5.58. The minimum atomic E-state index is -4.62. The second-order valence-electron chi connectivity index (χ2n) is 14.3. The summed E-state index contributed by atoms with van der Waals surface area (Å²) >= 11 is 0. The average molecular weight is 873 g/mol. The van der Waals surface area contributed by atoms with E-state index in [0.29, 0.717) is 19.3 Å². The fourth-order valence-corrected chi connectivity index (χ4v) is 6.27. The van der Waals surface area contributed by atoms with Gasteiger partial charge in [0.15, 0.2) is 12.4 Å². The molecule has 0 bridgehead atoms. The topological polar surface area (TPSA) is 186 Å². The Labute approximate surface area is 365 Å². The number of carbonyl (C=O) groups is 2. The van der Waals surface area contributed by atoms with Gasteiger partial charge in [-0.05, 0) is 77.0 Å². The number of esters is 2. The molecule has 0 saturated carbocycles. The van der Waals surface area contributed by atoms with Gasteiger partial charge in [0.1, 0.15) is 36.8 Å². The number of rotatable bonds is 33. The highest BCUT2D eigenvalue weighted by Gasteiger charge is 2.46. The van der Waals surface area contributed by atoms with Gasteiger partial charge >= 0.3 is 11.9 Å². The molecular formula is C48H72O12S. The smallest absolute Gasteiger partial charge is 0.306 e. The molecule has 0 aromatic heterocycles. The van der Waals surface area contributed by atoms with Crippen molar-refractivity contribution in [3.05, 3.63) is 122 Å². The van der Waals surface area contributed by atoms with E-state index in [4.69, 9.17) is 18.9 Å². The van der Waals surface area contributed by atoms with Gasteiger partial charge < -0.3 is 34.3 Å². The summed E-state index contributed by atoms with van der Waals surface area (Å²) in [4.78, 5) is 25.3. The molecular weight excluding hydrogens is 801 g/mol. The molecule has 13 heteroatoms. The molecule has 1 aliphatic rings. The van der Waals surface area contributed by atoms with Crippen molar-refractivity contribution in [2.75, 3.05) is 19.0 Å². The lowest BCUT2D eigenvalue weighted by molar-refractivity contribution is -0.297. The van der Waals surface area contributed by atoms with Crippen LogP contribution in [0.3, 0.4) is 0 Å². The summed E-state index contributed by atoms with van der Waals surface area (Å²) in [7, 11) is -4.62. The van der Waals surface area contributed by atoms with Gasteiger partial charge in [-0.15, -0.1) is 0 Å². The van der Waals surface area contributed by atoms with Crippen LogP contribution in [0, 0.1) is 0 Å². The highest BCUT2D eigenvalue weighted by Crippen LogP contribution is 2.23. The van der Waals surface area contributed by atoms with Crippen LogP contribution in [0.5, 0.6) is 0 Å². The zero-order valence-corrected chi connectivity index (χ0v) is 37.0. The molecule has 1 heterocycles. The standard InChI is InChI=1S/C48H72O12S/c1-3-5-7-9-11-13-15-17-18-19-20-21-22-23-25-26-28-30-32-34-36-43(49)57-38-41(39-58-48-47(53)46(52)45(51)42(60-48)40-61(54,55)56)59-44(50)37-35-33-31-29-27-24-16-14-12-10-8-6-4-2/h5-8,10-14,16-18,20-21,23-25,27-28,30,41-42,45-48,51-53H,3-4,9,15,19,22,26,29,31-40H2,1-2H3,(H,54,55,56)/b7-5+,8-6+,12-10+,13-11+,16-14+,18-17+,21-20+,25-23+,27-24+,30-28+/t41?,42-,45-,46?,47?,48+/m1/s1. The van der Waals surface area contributed by atoms with Crippen molar-refractivity contribution in [2.24, 2.45) is 0 Å². The van der Waals surface area contributed by atoms with E-state index in [2.05, 4.69) is 80.7 Å². The SMILES string of the molecule is CC/C=C/C=C/C=C/C=C/CCCCCC(=O)OC(COC(=O)CCC/C=C/C/C=C/C/C=C/C/C=C/C/C=C/C/C=C/CC)CO[C@H]1O[C@H](CS(=O)(=O)O)[C@@H](O)C(O)C1O. The summed E-state index contributed by atoms with van der Waals surface area (Å²) in [6.07, 6.45) is 42.6. The van der Waals surface area contributed by atoms with Crippen molar-refractivity contribution < 1.29 is 56.8 Å². The first-order valence-corrected chi connectivity index (χ1v) is 23.3. The summed E-state index contributed by atoms with van der Waals surface area (Å²) < 4.78 is 53.9. The average Bonchev–Trinajstić information content (AvgIpc) is 3.22. The van der Waals surface area contributed by atoms with E-state index in [1.807, 2.05) is 54.7 Å². The number of carbonyl (C=O) groups excluding carboxylic acids is 2. The van der Waals surface area contributed by atoms with Gasteiger partial charge in [-0.1, -0.05) is 142 Å². The van der Waals surface area contributed by atoms with Crippen LogP contribution in [0.15, 0.2) is 122 Å². The second kappa shape index (κ2) is 36.7. The zero-order valence-electron chi connectivity index (χ0n) is 36.2. The van der Waals surface area contributed by atoms with Crippen molar-refractivity contribution in [1.82, 2.24) is 0 Å². The molecule has 0 radical (unpaired) electrons. The zero-order chi connectivity index (χ0) is 44.8. The predicted octanol–water partition coefficient (Wildman–Crippen LogP) is 8.61. The quantitative estimate of drug-likeness (QED) is 0.0162. The molecule has 1 aliphatic heterocycles. The van der Waals surface area contributed by atoms with E-state index in [-0.39, 0.29) is 19.4 Å². The maximum Gasteiger partial charge on any atom is 0.306 e. The number of ether oxygens (including phenoxy) is 4. The Morgan fingerprint density at radius 1 is 0.574 bits per heavy atom. The summed E-state index contributed by atoms with van der Waals surface area (Å²) in [5.41, 5.74) is 0. The van der Waals surface area contributed by atoms with Gasteiger partial charge in [0.2, 0.25) is 0 Å². The van der Waals surface area contributed by atoms with Crippen molar-refractivity contribution >= 4 is 22.1 Å². The molecule has 4 N–H and O–H groups in total. The van der Waals surface area contributed by atoms with Crippen molar-refractivity contribution in [2.45, 2.75) is 147 Å². The first-order valence-electron chi connectivity index (χ1n) is 21.6. The van der Waals surface area contributed by atoms with Crippen LogP contribution in [0.1, 0.15) is 110 Å². The molecule has 0 aromatic rings. The predicted molar refractivity (Wildman–Crippen MR) is 242 cm³/mol. The highest BCUT2D eigenvalue weighted by atomic mass is 32.2. The van der Waals surface area contributed by atoms with Crippen molar-refractivity contribution in [3.63, 3.8) is 0 Å². The van der Waals surface area contributed by atoms with Crippen LogP contribution in [0.4, 0.5) is 0 Å². The molecule has 0 spiro atoms. The van der Waals surface area contributed by atoms with Crippen LogP contribution >= 0.6 is 0 Å². The van der Waals surface area contributed by atoms with Crippen molar-refractivity contribution in [1.29, 1.82) is 0 Å².